The minimum atomic E-state index is -3.48. The molecule has 0 radical (unpaired) electrons. The lowest BCUT2D eigenvalue weighted by atomic mass is 9.93. The van der Waals surface area contributed by atoms with Crippen molar-refractivity contribution in [2.24, 2.45) is 0 Å². The molecule has 0 heterocycles. The summed E-state index contributed by atoms with van der Waals surface area (Å²) >= 11 is 0. The van der Waals surface area contributed by atoms with Gasteiger partial charge in [0.15, 0.2) is 0 Å². The highest BCUT2D eigenvalue weighted by Gasteiger charge is 2.15. The predicted molar refractivity (Wildman–Crippen MR) is 91.9 cm³/mol. The lowest BCUT2D eigenvalue weighted by Gasteiger charge is -2.16. The summed E-state index contributed by atoms with van der Waals surface area (Å²) in [7, 11) is -3.48. The number of benzene rings is 2. The average Bonchev–Trinajstić information content (AvgIpc) is 2.55. The van der Waals surface area contributed by atoms with Crippen LogP contribution < -0.4 is 4.72 Å². The van der Waals surface area contributed by atoms with Crippen LogP contribution in [0, 0.1) is 6.92 Å². The molecule has 2 N–H and O–H groups in total. The van der Waals surface area contributed by atoms with Gasteiger partial charge in [0.05, 0.1) is 4.90 Å². The van der Waals surface area contributed by atoms with Crippen LogP contribution in [0.1, 0.15) is 29.9 Å². The molecule has 5 heteroatoms. The second-order valence-electron chi connectivity index (χ2n) is 5.62. The highest BCUT2D eigenvalue weighted by atomic mass is 32.2. The van der Waals surface area contributed by atoms with Gasteiger partial charge in [-0.25, -0.2) is 13.1 Å². The van der Waals surface area contributed by atoms with Crippen molar-refractivity contribution >= 4 is 10.0 Å². The SMILES string of the molecule is Cc1ccc(S(=O)(=O)NCCC(CCO)c2ccccc2)cc1. The van der Waals surface area contributed by atoms with Crippen LogP contribution >= 0.6 is 0 Å². The van der Waals surface area contributed by atoms with E-state index < -0.39 is 10.0 Å². The van der Waals surface area contributed by atoms with Crippen molar-refractivity contribution in [3.05, 3.63) is 65.7 Å². The van der Waals surface area contributed by atoms with E-state index in [1.165, 1.54) is 0 Å². The van der Waals surface area contributed by atoms with Gasteiger partial charge in [-0.1, -0.05) is 48.0 Å². The molecule has 0 aliphatic carbocycles. The highest BCUT2D eigenvalue weighted by Crippen LogP contribution is 2.22. The zero-order chi connectivity index (χ0) is 16.7. The Morgan fingerprint density at radius 3 is 2.26 bits per heavy atom. The summed E-state index contributed by atoms with van der Waals surface area (Å²) in [5.41, 5.74) is 2.15. The lowest BCUT2D eigenvalue weighted by Crippen LogP contribution is -2.26. The zero-order valence-electron chi connectivity index (χ0n) is 13.3. The van der Waals surface area contributed by atoms with Gasteiger partial charge in [0.25, 0.3) is 0 Å². The first-order chi connectivity index (χ1) is 11.0. The monoisotopic (exact) mass is 333 g/mol. The van der Waals surface area contributed by atoms with Crippen molar-refractivity contribution in [2.45, 2.75) is 30.6 Å². The van der Waals surface area contributed by atoms with Gasteiger partial charge in [0, 0.05) is 13.2 Å². The van der Waals surface area contributed by atoms with Gasteiger partial charge in [-0.05, 0) is 43.4 Å². The third-order valence-corrected chi connectivity index (χ3v) is 5.34. The molecule has 0 fully saturated rings. The van der Waals surface area contributed by atoms with Crippen LogP contribution in [0.5, 0.6) is 0 Å². The minimum Gasteiger partial charge on any atom is -0.396 e. The van der Waals surface area contributed by atoms with Gasteiger partial charge >= 0.3 is 0 Å². The molecule has 0 aliphatic heterocycles. The average molecular weight is 333 g/mol. The fraction of sp³-hybridized carbons (Fsp3) is 0.333. The number of nitrogens with one attached hydrogen (secondary N) is 1. The molecule has 0 bridgehead atoms. The molecule has 1 unspecified atom stereocenters. The molecular weight excluding hydrogens is 310 g/mol. The van der Waals surface area contributed by atoms with E-state index in [1.54, 1.807) is 24.3 Å². The van der Waals surface area contributed by atoms with Crippen LogP contribution in [-0.4, -0.2) is 26.7 Å². The standard InChI is InChI=1S/C18H23NO3S/c1-15-7-9-18(10-8-15)23(21,22)19-13-11-17(12-14-20)16-5-3-2-4-6-16/h2-10,17,19-20H,11-14H2,1H3. The van der Waals surface area contributed by atoms with E-state index in [0.29, 0.717) is 19.4 Å². The van der Waals surface area contributed by atoms with Gasteiger partial charge in [0.1, 0.15) is 0 Å². The fourth-order valence-electron chi connectivity index (χ4n) is 2.53. The van der Waals surface area contributed by atoms with E-state index in [2.05, 4.69) is 4.72 Å². The van der Waals surface area contributed by atoms with Crippen molar-refractivity contribution < 1.29 is 13.5 Å². The lowest BCUT2D eigenvalue weighted by molar-refractivity contribution is 0.273. The van der Waals surface area contributed by atoms with Crippen LogP contribution in [0.2, 0.25) is 0 Å². The number of hydrogen-bond acceptors (Lipinski definition) is 3. The number of aliphatic hydroxyl groups excluding tert-OH is 1. The fourth-order valence-corrected chi connectivity index (χ4v) is 3.57. The quantitative estimate of drug-likeness (QED) is 0.781. The third-order valence-electron chi connectivity index (χ3n) is 3.86. The molecule has 23 heavy (non-hydrogen) atoms. The van der Waals surface area contributed by atoms with E-state index in [1.807, 2.05) is 37.3 Å². The van der Waals surface area contributed by atoms with Gasteiger partial charge in [0.2, 0.25) is 10.0 Å². The van der Waals surface area contributed by atoms with E-state index >= 15 is 0 Å². The second-order valence-corrected chi connectivity index (χ2v) is 7.39. The zero-order valence-corrected chi connectivity index (χ0v) is 14.1. The molecule has 0 amide bonds. The Kier molecular flexibility index (Phi) is 6.33. The van der Waals surface area contributed by atoms with Crippen LogP contribution in [-0.2, 0) is 10.0 Å². The summed E-state index contributed by atoms with van der Waals surface area (Å²) in [6.45, 7) is 2.35. The number of aryl methyl sites for hydroxylation is 1. The predicted octanol–water partition coefficient (Wildman–Crippen LogP) is 2.83. The largest absolute Gasteiger partial charge is 0.396 e. The second kappa shape index (κ2) is 8.24. The van der Waals surface area contributed by atoms with Gasteiger partial charge in [-0.2, -0.15) is 0 Å². The molecule has 2 aromatic carbocycles. The van der Waals surface area contributed by atoms with Crippen LogP contribution in [0.15, 0.2) is 59.5 Å². The number of sulfonamides is 1. The highest BCUT2D eigenvalue weighted by molar-refractivity contribution is 7.89. The van der Waals surface area contributed by atoms with Crippen molar-refractivity contribution in [1.29, 1.82) is 0 Å². The first kappa shape index (κ1) is 17.7. The van der Waals surface area contributed by atoms with E-state index in [0.717, 1.165) is 11.1 Å². The Labute approximate surface area is 138 Å². The molecule has 4 nitrogen and oxygen atoms in total. The summed E-state index contributed by atoms with van der Waals surface area (Å²) in [6.07, 6.45) is 1.27. The molecule has 0 saturated carbocycles. The molecule has 0 saturated heterocycles. The van der Waals surface area contributed by atoms with E-state index in [-0.39, 0.29) is 17.4 Å². The molecule has 2 aromatic rings. The number of hydrogen-bond donors (Lipinski definition) is 2. The Bertz CT molecular complexity index is 697. The maximum absolute atomic E-state index is 12.3. The third kappa shape index (κ3) is 5.16. The maximum atomic E-state index is 12.3. The van der Waals surface area contributed by atoms with Crippen LogP contribution in [0.4, 0.5) is 0 Å². The molecule has 0 aromatic heterocycles. The molecule has 2 rings (SSSR count). The number of rotatable bonds is 8. The summed E-state index contributed by atoms with van der Waals surface area (Å²) < 4.78 is 27.2. The molecule has 0 aliphatic rings. The Hall–Kier alpha value is -1.69. The normalized spacial score (nSPS) is 13.0. The van der Waals surface area contributed by atoms with Crippen molar-refractivity contribution in [1.82, 2.24) is 4.72 Å². The summed E-state index contributed by atoms with van der Waals surface area (Å²) in [4.78, 5) is 0.279. The van der Waals surface area contributed by atoms with E-state index in [9.17, 15) is 13.5 Å². The Morgan fingerprint density at radius 1 is 1.00 bits per heavy atom. The summed E-state index contributed by atoms with van der Waals surface area (Å²) in [6, 6.07) is 16.7. The van der Waals surface area contributed by atoms with Gasteiger partial charge < -0.3 is 5.11 Å². The summed E-state index contributed by atoms with van der Waals surface area (Å²) in [5, 5.41) is 9.22. The van der Waals surface area contributed by atoms with Crippen LogP contribution in [0.3, 0.4) is 0 Å². The van der Waals surface area contributed by atoms with Crippen LogP contribution in [0.25, 0.3) is 0 Å². The summed E-state index contributed by atoms with van der Waals surface area (Å²) in [5.74, 6) is 0.141. The first-order valence-corrected chi connectivity index (χ1v) is 9.23. The van der Waals surface area contributed by atoms with Gasteiger partial charge in [-0.15, -0.1) is 0 Å². The van der Waals surface area contributed by atoms with E-state index in [4.69, 9.17) is 0 Å². The Balaban J connectivity index is 1.97. The maximum Gasteiger partial charge on any atom is 0.240 e. The molecular formula is C18H23NO3S. The first-order valence-electron chi connectivity index (χ1n) is 7.75. The van der Waals surface area contributed by atoms with Crippen molar-refractivity contribution in [3.63, 3.8) is 0 Å². The van der Waals surface area contributed by atoms with Crippen molar-refractivity contribution in [2.75, 3.05) is 13.2 Å². The van der Waals surface area contributed by atoms with Gasteiger partial charge in [-0.3, -0.25) is 0 Å². The molecule has 0 spiro atoms. The minimum absolute atomic E-state index is 0.0876. The van der Waals surface area contributed by atoms with Crippen molar-refractivity contribution in [3.8, 4) is 0 Å². The molecule has 1 atom stereocenters. The number of aliphatic hydroxyl groups is 1. The Morgan fingerprint density at radius 2 is 1.65 bits per heavy atom. The smallest absolute Gasteiger partial charge is 0.240 e. The molecule has 124 valence electrons. The topological polar surface area (TPSA) is 66.4 Å².